The number of carbonyl (C=O) groups excluding carboxylic acids is 1. The minimum absolute atomic E-state index is 0.0699. The molecule has 0 spiro atoms. The first kappa shape index (κ1) is 20.6. The van der Waals surface area contributed by atoms with Crippen molar-refractivity contribution in [3.8, 4) is 11.3 Å². The summed E-state index contributed by atoms with van der Waals surface area (Å²) in [6.45, 7) is 0.359. The van der Waals surface area contributed by atoms with Gasteiger partial charge in [-0.25, -0.2) is 4.98 Å². The first-order valence-electron chi connectivity index (χ1n) is 9.54. The lowest BCUT2D eigenvalue weighted by molar-refractivity contribution is -0.137. The molecule has 1 amide bonds. The minimum atomic E-state index is -4.55. The van der Waals surface area contributed by atoms with Crippen LogP contribution in [-0.4, -0.2) is 32.6 Å². The van der Waals surface area contributed by atoms with Crippen LogP contribution in [0.25, 0.3) is 22.3 Å². The molecular formula is C23H19F3N4O. The summed E-state index contributed by atoms with van der Waals surface area (Å²) in [6.07, 6.45) is -3.04. The molecule has 2 heterocycles. The molecule has 5 nitrogen and oxygen atoms in total. The Hall–Kier alpha value is -3.68. The summed E-state index contributed by atoms with van der Waals surface area (Å²) in [4.78, 5) is 19.2. The Bertz CT molecular complexity index is 1250. The Kier molecular flexibility index (Phi) is 5.22. The van der Waals surface area contributed by atoms with Crippen LogP contribution in [0.1, 0.15) is 21.5 Å². The first-order valence-corrected chi connectivity index (χ1v) is 9.54. The minimum Gasteiger partial charge on any atom is -0.337 e. The molecular weight excluding hydrogens is 405 g/mol. The summed E-state index contributed by atoms with van der Waals surface area (Å²) in [7, 11) is 3.29. The average molecular weight is 424 g/mol. The standard InChI is InChI=1S/C23H19F3N4O/c1-29(14-15-8-4-3-5-9-15)22(31)17-12-20(28-21-18(17)13-27-30(21)2)16-10-6-7-11-19(16)23(24,25)26/h3-13H,14H2,1-2H3. The molecule has 0 aliphatic carbocycles. The van der Waals surface area contributed by atoms with Crippen LogP contribution < -0.4 is 0 Å². The predicted molar refractivity (Wildman–Crippen MR) is 111 cm³/mol. The number of alkyl halides is 3. The maximum absolute atomic E-state index is 13.6. The molecule has 31 heavy (non-hydrogen) atoms. The molecule has 0 aliphatic heterocycles. The van der Waals surface area contributed by atoms with Crippen molar-refractivity contribution in [3.63, 3.8) is 0 Å². The fourth-order valence-electron chi connectivity index (χ4n) is 3.52. The van der Waals surface area contributed by atoms with Crippen LogP contribution in [0.4, 0.5) is 13.2 Å². The van der Waals surface area contributed by atoms with Crippen LogP contribution >= 0.6 is 0 Å². The molecule has 0 fully saturated rings. The number of fused-ring (bicyclic) bond motifs is 1. The van der Waals surface area contributed by atoms with Crippen LogP contribution in [0.2, 0.25) is 0 Å². The number of benzene rings is 2. The first-order chi connectivity index (χ1) is 14.8. The Balaban J connectivity index is 1.83. The lowest BCUT2D eigenvalue weighted by Gasteiger charge is -2.19. The van der Waals surface area contributed by atoms with Gasteiger partial charge in [0.05, 0.1) is 28.4 Å². The van der Waals surface area contributed by atoms with E-state index >= 15 is 0 Å². The summed E-state index contributed by atoms with van der Waals surface area (Å²) in [6, 6.07) is 16.1. The van der Waals surface area contributed by atoms with Crippen molar-refractivity contribution < 1.29 is 18.0 Å². The number of aromatic nitrogens is 3. The molecule has 4 rings (SSSR count). The highest BCUT2D eigenvalue weighted by atomic mass is 19.4. The number of amides is 1. The van der Waals surface area contributed by atoms with E-state index in [1.807, 2.05) is 30.3 Å². The summed E-state index contributed by atoms with van der Waals surface area (Å²) >= 11 is 0. The van der Waals surface area contributed by atoms with Crippen molar-refractivity contribution in [1.82, 2.24) is 19.7 Å². The number of rotatable bonds is 4. The van der Waals surface area contributed by atoms with Crippen molar-refractivity contribution in [1.29, 1.82) is 0 Å². The van der Waals surface area contributed by atoms with E-state index < -0.39 is 11.7 Å². The van der Waals surface area contributed by atoms with E-state index in [2.05, 4.69) is 10.1 Å². The Labute approximate surface area is 176 Å². The van der Waals surface area contributed by atoms with E-state index in [0.29, 0.717) is 17.6 Å². The van der Waals surface area contributed by atoms with Gasteiger partial charge in [-0.05, 0) is 17.7 Å². The van der Waals surface area contributed by atoms with Crippen LogP contribution in [-0.2, 0) is 19.8 Å². The zero-order chi connectivity index (χ0) is 22.2. The molecule has 0 atom stereocenters. The molecule has 0 unspecified atom stereocenters. The summed E-state index contributed by atoms with van der Waals surface area (Å²) in [5.41, 5.74) is 0.713. The topological polar surface area (TPSA) is 51.0 Å². The number of halogens is 3. The van der Waals surface area contributed by atoms with Crippen LogP contribution in [0.15, 0.2) is 66.9 Å². The third kappa shape index (κ3) is 4.01. The predicted octanol–water partition coefficient (Wildman–Crippen LogP) is 4.93. The van der Waals surface area contributed by atoms with Gasteiger partial charge in [-0.2, -0.15) is 18.3 Å². The Morgan fingerprint density at radius 1 is 1.06 bits per heavy atom. The third-order valence-electron chi connectivity index (χ3n) is 5.05. The highest BCUT2D eigenvalue weighted by molar-refractivity contribution is 6.06. The second kappa shape index (κ2) is 7.86. The van der Waals surface area contributed by atoms with E-state index in [1.54, 1.807) is 14.1 Å². The number of hydrogen-bond acceptors (Lipinski definition) is 3. The van der Waals surface area contributed by atoms with Gasteiger partial charge in [0.25, 0.3) is 5.91 Å². The molecule has 8 heteroatoms. The zero-order valence-electron chi connectivity index (χ0n) is 16.9. The molecule has 0 saturated carbocycles. The molecule has 2 aromatic heterocycles. The molecule has 2 aromatic carbocycles. The number of pyridine rings is 1. The number of carbonyl (C=O) groups is 1. The lowest BCUT2D eigenvalue weighted by atomic mass is 10.0. The number of nitrogens with zero attached hydrogens (tertiary/aromatic N) is 4. The SMILES string of the molecule is CN(Cc1ccccc1)C(=O)c1cc(-c2ccccc2C(F)(F)F)nc2c1cnn2C. The van der Waals surface area contributed by atoms with E-state index in [1.165, 1.54) is 40.0 Å². The van der Waals surface area contributed by atoms with Gasteiger partial charge >= 0.3 is 6.18 Å². The Morgan fingerprint density at radius 3 is 2.45 bits per heavy atom. The van der Waals surface area contributed by atoms with Gasteiger partial charge < -0.3 is 4.90 Å². The highest BCUT2D eigenvalue weighted by Crippen LogP contribution is 2.37. The van der Waals surface area contributed by atoms with E-state index in [9.17, 15) is 18.0 Å². The van der Waals surface area contributed by atoms with Gasteiger partial charge in [-0.15, -0.1) is 0 Å². The zero-order valence-corrected chi connectivity index (χ0v) is 16.9. The highest BCUT2D eigenvalue weighted by Gasteiger charge is 2.34. The molecule has 0 N–H and O–H groups in total. The van der Waals surface area contributed by atoms with Crippen molar-refractivity contribution in [2.45, 2.75) is 12.7 Å². The van der Waals surface area contributed by atoms with Crippen molar-refractivity contribution in [3.05, 3.63) is 83.6 Å². The van der Waals surface area contributed by atoms with Gasteiger partial charge in [0, 0.05) is 26.2 Å². The normalized spacial score (nSPS) is 11.6. The van der Waals surface area contributed by atoms with Gasteiger partial charge in [0.2, 0.25) is 0 Å². The smallest absolute Gasteiger partial charge is 0.337 e. The fourth-order valence-corrected chi connectivity index (χ4v) is 3.52. The van der Waals surface area contributed by atoms with Crippen molar-refractivity contribution >= 4 is 16.9 Å². The number of hydrogen-bond donors (Lipinski definition) is 0. The van der Waals surface area contributed by atoms with Crippen LogP contribution in [0, 0.1) is 0 Å². The molecule has 0 bridgehead atoms. The molecule has 0 saturated heterocycles. The molecule has 158 valence electrons. The van der Waals surface area contributed by atoms with Gasteiger partial charge in [-0.1, -0.05) is 48.5 Å². The summed E-state index contributed by atoms with van der Waals surface area (Å²) in [5, 5.41) is 4.64. The van der Waals surface area contributed by atoms with Crippen molar-refractivity contribution in [2.75, 3.05) is 7.05 Å². The van der Waals surface area contributed by atoms with Gasteiger partial charge in [0.1, 0.15) is 0 Å². The average Bonchev–Trinajstić information content (AvgIpc) is 3.13. The largest absolute Gasteiger partial charge is 0.417 e. The van der Waals surface area contributed by atoms with Crippen molar-refractivity contribution in [2.24, 2.45) is 7.05 Å². The second-order valence-corrected chi connectivity index (χ2v) is 7.25. The molecule has 0 aliphatic rings. The van der Waals surface area contributed by atoms with Crippen LogP contribution in [0.5, 0.6) is 0 Å². The monoisotopic (exact) mass is 424 g/mol. The summed E-state index contributed by atoms with van der Waals surface area (Å²) in [5.74, 6) is -0.324. The van der Waals surface area contributed by atoms with Gasteiger partial charge in [0.15, 0.2) is 5.65 Å². The third-order valence-corrected chi connectivity index (χ3v) is 5.05. The number of aryl methyl sites for hydroxylation is 1. The van der Waals surface area contributed by atoms with E-state index in [-0.39, 0.29) is 22.7 Å². The quantitative estimate of drug-likeness (QED) is 0.467. The van der Waals surface area contributed by atoms with E-state index in [0.717, 1.165) is 11.6 Å². The second-order valence-electron chi connectivity index (χ2n) is 7.25. The summed E-state index contributed by atoms with van der Waals surface area (Å²) < 4.78 is 42.2. The van der Waals surface area contributed by atoms with E-state index in [4.69, 9.17) is 0 Å². The molecule has 0 radical (unpaired) electrons. The lowest BCUT2D eigenvalue weighted by Crippen LogP contribution is -2.26. The maximum atomic E-state index is 13.6. The maximum Gasteiger partial charge on any atom is 0.417 e. The fraction of sp³-hybridized carbons (Fsp3) is 0.174. The Morgan fingerprint density at radius 2 is 1.74 bits per heavy atom. The molecule has 4 aromatic rings. The van der Waals surface area contributed by atoms with Crippen LogP contribution in [0.3, 0.4) is 0 Å². The van der Waals surface area contributed by atoms with Gasteiger partial charge in [-0.3, -0.25) is 9.48 Å².